The Morgan fingerprint density at radius 3 is 3.11 bits per heavy atom. The Hall–Kier alpha value is -1.63. The number of carbonyl (C=O) groups excluding carboxylic acids is 1. The first-order chi connectivity index (χ1) is 9.17. The van der Waals surface area contributed by atoms with Gasteiger partial charge in [0.25, 0.3) is 0 Å². The van der Waals surface area contributed by atoms with Gasteiger partial charge in [-0.1, -0.05) is 0 Å². The van der Waals surface area contributed by atoms with Crippen molar-refractivity contribution in [2.24, 2.45) is 11.7 Å². The molecular formula is C12H21N5O2. The van der Waals surface area contributed by atoms with Crippen LogP contribution in [0.1, 0.15) is 32.1 Å². The molecule has 2 rings (SSSR count). The van der Waals surface area contributed by atoms with Gasteiger partial charge in [0.2, 0.25) is 5.95 Å². The van der Waals surface area contributed by atoms with Crippen molar-refractivity contribution < 1.29 is 9.53 Å². The maximum Gasteiger partial charge on any atom is 0.312 e. The second kappa shape index (κ2) is 6.01. The first kappa shape index (κ1) is 13.8. The fourth-order valence-corrected chi connectivity index (χ4v) is 2.21. The zero-order chi connectivity index (χ0) is 13.8. The number of carbonyl (C=O) groups is 1. The van der Waals surface area contributed by atoms with Crippen molar-refractivity contribution >= 4 is 11.9 Å². The largest absolute Gasteiger partial charge is 0.466 e. The number of ether oxygens (including phenoxy) is 1. The van der Waals surface area contributed by atoms with Gasteiger partial charge in [-0.3, -0.25) is 4.79 Å². The van der Waals surface area contributed by atoms with Gasteiger partial charge < -0.3 is 15.8 Å². The van der Waals surface area contributed by atoms with E-state index in [0.717, 1.165) is 24.6 Å². The van der Waals surface area contributed by atoms with Crippen LogP contribution in [0, 0.1) is 5.92 Å². The van der Waals surface area contributed by atoms with Gasteiger partial charge in [0.1, 0.15) is 0 Å². The van der Waals surface area contributed by atoms with Crippen LogP contribution in [0.5, 0.6) is 0 Å². The minimum Gasteiger partial charge on any atom is -0.466 e. The number of nitrogens with one attached hydrogen (secondary N) is 1. The molecule has 19 heavy (non-hydrogen) atoms. The number of esters is 1. The summed E-state index contributed by atoms with van der Waals surface area (Å²) in [7, 11) is 0. The molecule has 0 aromatic carbocycles. The molecule has 7 nitrogen and oxygen atoms in total. The van der Waals surface area contributed by atoms with Gasteiger partial charge in [-0.05, 0) is 26.8 Å². The summed E-state index contributed by atoms with van der Waals surface area (Å²) in [4.78, 5) is 16.3. The van der Waals surface area contributed by atoms with Crippen LogP contribution in [-0.2, 0) is 16.0 Å². The molecule has 0 saturated heterocycles. The maximum atomic E-state index is 11.9. The topological polar surface area (TPSA) is 95.1 Å². The van der Waals surface area contributed by atoms with E-state index in [2.05, 4.69) is 15.4 Å². The van der Waals surface area contributed by atoms with E-state index in [0.29, 0.717) is 19.7 Å². The van der Waals surface area contributed by atoms with Crippen LogP contribution < -0.4 is 11.1 Å². The smallest absolute Gasteiger partial charge is 0.312 e. The van der Waals surface area contributed by atoms with E-state index in [1.54, 1.807) is 4.68 Å². The molecule has 2 atom stereocenters. The summed E-state index contributed by atoms with van der Waals surface area (Å²) < 4.78 is 6.86. The van der Waals surface area contributed by atoms with Gasteiger partial charge in [-0.2, -0.15) is 10.1 Å². The van der Waals surface area contributed by atoms with E-state index in [1.165, 1.54) is 0 Å². The Labute approximate surface area is 112 Å². The quantitative estimate of drug-likeness (QED) is 0.747. The number of hydrogen-bond acceptors (Lipinski definition) is 6. The van der Waals surface area contributed by atoms with Gasteiger partial charge in [-0.15, -0.1) is 0 Å². The van der Waals surface area contributed by atoms with Crippen molar-refractivity contribution in [3.8, 4) is 0 Å². The molecule has 2 heterocycles. The molecule has 0 amide bonds. The molecule has 0 aliphatic carbocycles. The predicted octanol–water partition coefficient (Wildman–Crippen LogP) is 0.335. The summed E-state index contributed by atoms with van der Waals surface area (Å²) in [5.74, 6) is 1.08. The highest BCUT2D eigenvalue weighted by Crippen LogP contribution is 2.27. The molecule has 1 aliphatic rings. The predicted molar refractivity (Wildman–Crippen MR) is 70.7 cm³/mol. The zero-order valence-corrected chi connectivity index (χ0v) is 11.4. The number of anilines is 1. The summed E-state index contributed by atoms with van der Waals surface area (Å²) in [5.41, 5.74) is 5.48. The van der Waals surface area contributed by atoms with Crippen LogP contribution in [0.3, 0.4) is 0 Å². The van der Waals surface area contributed by atoms with Gasteiger partial charge in [-0.25, -0.2) is 4.68 Å². The number of fused-ring (bicyclic) bond motifs is 1. The number of hydrogen-bond donors (Lipinski definition) is 2. The highest BCUT2D eigenvalue weighted by Gasteiger charge is 2.34. The molecule has 7 heteroatoms. The summed E-state index contributed by atoms with van der Waals surface area (Å²) >= 11 is 0. The second-order valence-electron chi connectivity index (χ2n) is 4.67. The fourth-order valence-electron chi connectivity index (χ4n) is 2.21. The lowest BCUT2D eigenvalue weighted by molar-refractivity contribution is -0.149. The van der Waals surface area contributed by atoms with Crippen molar-refractivity contribution in [3.63, 3.8) is 0 Å². The Morgan fingerprint density at radius 2 is 2.42 bits per heavy atom. The molecule has 0 spiro atoms. The van der Waals surface area contributed by atoms with E-state index in [-0.39, 0.29) is 17.9 Å². The summed E-state index contributed by atoms with van der Waals surface area (Å²) in [6.45, 7) is 5.33. The summed E-state index contributed by atoms with van der Waals surface area (Å²) in [5, 5.41) is 7.58. The lowest BCUT2D eigenvalue weighted by atomic mass is 10.0. The van der Waals surface area contributed by atoms with E-state index in [4.69, 9.17) is 10.5 Å². The average molecular weight is 267 g/mol. The van der Waals surface area contributed by atoms with Crippen LogP contribution in [0.2, 0.25) is 0 Å². The van der Waals surface area contributed by atoms with E-state index in [1.807, 2.05) is 13.8 Å². The lowest BCUT2D eigenvalue weighted by Gasteiger charge is -2.28. The number of aromatic nitrogens is 3. The highest BCUT2D eigenvalue weighted by molar-refractivity contribution is 5.74. The molecular weight excluding hydrogens is 246 g/mol. The Morgan fingerprint density at radius 1 is 1.63 bits per heavy atom. The molecule has 1 aromatic heterocycles. The van der Waals surface area contributed by atoms with E-state index >= 15 is 0 Å². The SMILES string of the molecule is CCOC(=O)C1CNc2nc(CCCN)nn2C1C. The summed E-state index contributed by atoms with van der Waals surface area (Å²) in [6.07, 6.45) is 1.62. The Kier molecular flexibility index (Phi) is 4.36. The van der Waals surface area contributed by atoms with Crippen molar-refractivity contribution in [2.45, 2.75) is 32.7 Å². The maximum absolute atomic E-state index is 11.9. The van der Waals surface area contributed by atoms with Crippen molar-refractivity contribution in [2.75, 3.05) is 25.0 Å². The van der Waals surface area contributed by atoms with Crippen LogP contribution >= 0.6 is 0 Å². The minimum atomic E-state index is -0.225. The number of nitrogens with two attached hydrogens (primary N) is 1. The van der Waals surface area contributed by atoms with Crippen molar-refractivity contribution in [1.29, 1.82) is 0 Å². The molecule has 1 aromatic rings. The Bertz CT molecular complexity index is 445. The van der Waals surface area contributed by atoms with Crippen LogP contribution in [-0.4, -0.2) is 40.4 Å². The zero-order valence-electron chi connectivity index (χ0n) is 11.4. The molecule has 0 fully saturated rings. The first-order valence-corrected chi connectivity index (χ1v) is 6.73. The summed E-state index contributed by atoms with van der Waals surface area (Å²) in [6, 6.07) is -0.0468. The van der Waals surface area contributed by atoms with Crippen molar-refractivity contribution in [1.82, 2.24) is 14.8 Å². The van der Waals surface area contributed by atoms with Crippen LogP contribution in [0.15, 0.2) is 0 Å². The molecule has 1 aliphatic heterocycles. The standard InChI is InChI=1S/C12H21N5O2/c1-3-19-11(18)9-7-14-12-15-10(5-4-6-13)16-17(12)8(9)2/h8-9H,3-7,13H2,1-2H3,(H,14,15,16). The number of aryl methyl sites for hydroxylation is 1. The normalized spacial score (nSPS) is 21.6. The van der Waals surface area contributed by atoms with Gasteiger partial charge in [0.05, 0.1) is 18.6 Å². The van der Waals surface area contributed by atoms with Crippen LogP contribution in [0.4, 0.5) is 5.95 Å². The third-order valence-electron chi connectivity index (χ3n) is 3.32. The van der Waals surface area contributed by atoms with Crippen LogP contribution in [0.25, 0.3) is 0 Å². The third-order valence-corrected chi connectivity index (χ3v) is 3.32. The Balaban J connectivity index is 2.11. The molecule has 3 N–H and O–H groups in total. The van der Waals surface area contributed by atoms with E-state index < -0.39 is 0 Å². The van der Waals surface area contributed by atoms with Crippen molar-refractivity contribution in [3.05, 3.63) is 5.82 Å². The third kappa shape index (κ3) is 2.86. The molecule has 106 valence electrons. The van der Waals surface area contributed by atoms with E-state index in [9.17, 15) is 4.79 Å². The second-order valence-corrected chi connectivity index (χ2v) is 4.67. The molecule has 0 saturated carbocycles. The minimum absolute atomic E-state index is 0.0468. The van der Waals surface area contributed by atoms with Gasteiger partial charge in [0.15, 0.2) is 5.82 Å². The monoisotopic (exact) mass is 267 g/mol. The van der Waals surface area contributed by atoms with Gasteiger partial charge in [0, 0.05) is 13.0 Å². The molecule has 0 radical (unpaired) electrons. The lowest BCUT2D eigenvalue weighted by Crippen LogP contribution is -2.37. The highest BCUT2D eigenvalue weighted by atomic mass is 16.5. The van der Waals surface area contributed by atoms with Gasteiger partial charge >= 0.3 is 5.97 Å². The number of rotatable bonds is 5. The first-order valence-electron chi connectivity index (χ1n) is 6.73. The molecule has 0 bridgehead atoms. The molecule has 2 unspecified atom stereocenters. The number of nitrogens with zero attached hydrogens (tertiary/aromatic N) is 3. The fraction of sp³-hybridized carbons (Fsp3) is 0.750. The average Bonchev–Trinajstić information content (AvgIpc) is 2.81.